The van der Waals surface area contributed by atoms with Crippen LogP contribution in [-0.2, 0) is 14.8 Å². The fourth-order valence-corrected chi connectivity index (χ4v) is 3.49. The summed E-state index contributed by atoms with van der Waals surface area (Å²) in [5.41, 5.74) is 1.48. The zero-order chi connectivity index (χ0) is 18.4. The highest BCUT2D eigenvalue weighted by molar-refractivity contribution is 7.89. The van der Waals surface area contributed by atoms with Crippen molar-refractivity contribution >= 4 is 21.6 Å². The van der Waals surface area contributed by atoms with Gasteiger partial charge in [0.05, 0.1) is 17.7 Å². The van der Waals surface area contributed by atoms with E-state index in [1.807, 2.05) is 37.3 Å². The first-order chi connectivity index (χ1) is 11.8. The maximum absolute atomic E-state index is 12.5. The van der Waals surface area contributed by atoms with Crippen molar-refractivity contribution in [1.29, 1.82) is 0 Å². The average molecular weight is 362 g/mol. The number of ether oxygens (including phenoxy) is 1. The summed E-state index contributed by atoms with van der Waals surface area (Å²) in [6, 6.07) is 14.0. The second-order valence-electron chi connectivity index (χ2n) is 5.71. The van der Waals surface area contributed by atoms with E-state index >= 15 is 0 Å². The van der Waals surface area contributed by atoms with Gasteiger partial charge in [0.25, 0.3) is 0 Å². The van der Waals surface area contributed by atoms with E-state index in [2.05, 4.69) is 10.0 Å². The van der Waals surface area contributed by atoms with Gasteiger partial charge in [0.15, 0.2) is 0 Å². The topological polar surface area (TPSA) is 84.5 Å². The number of hydrogen-bond donors (Lipinski definition) is 2. The second kappa shape index (κ2) is 8.13. The number of carbonyl (C=O) groups excluding carboxylic acids is 1. The molecule has 0 saturated carbocycles. The lowest BCUT2D eigenvalue weighted by atomic mass is 10.0. The summed E-state index contributed by atoms with van der Waals surface area (Å²) in [5, 5.41) is 2.60. The molecule has 0 unspecified atom stereocenters. The molecule has 2 rings (SSSR count). The molecule has 0 heterocycles. The molecule has 2 aromatic rings. The highest BCUT2D eigenvalue weighted by Crippen LogP contribution is 2.27. The van der Waals surface area contributed by atoms with Crippen LogP contribution >= 0.6 is 0 Å². The summed E-state index contributed by atoms with van der Waals surface area (Å²) >= 11 is 0. The van der Waals surface area contributed by atoms with Gasteiger partial charge in [0.2, 0.25) is 15.9 Å². The quantitative estimate of drug-likeness (QED) is 0.793. The number of hydrogen-bond acceptors (Lipinski definition) is 4. The molecule has 0 fully saturated rings. The van der Waals surface area contributed by atoms with Crippen molar-refractivity contribution in [2.45, 2.75) is 24.7 Å². The van der Waals surface area contributed by atoms with Gasteiger partial charge in [-0.2, -0.15) is 0 Å². The highest BCUT2D eigenvalue weighted by atomic mass is 32.2. The number of amides is 1. The van der Waals surface area contributed by atoms with Crippen LogP contribution < -0.4 is 14.8 Å². The third kappa shape index (κ3) is 5.04. The molecule has 0 radical (unpaired) electrons. The van der Waals surface area contributed by atoms with Gasteiger partial charge in [-0.1, -0.05) is 37.3 Å². The van der Waals surface area contributed by atoms with Gasteiger partial charge >= 0.3 is 0 Å². The Kier molecular flexibility index (Phi) is 6.17. The summed E-state index contributed by atoms with van der Waals surface area (Å²) in [5.74, 6) is 0.0643. The van der Waals surface area contributed by atoms with Crippen LogP contribution in [-0.4, -0.2) is 28.0 Å². The molecular weight excluding hydrogens is 340 g/mol. The SMILES string of the molecule is COc1cc(S(=O)(=O)NC[C@H](C)c2ccccc2)ccc1NC(C)=O. The molecule has 0 aliphatic carbocycles. The summed E-state index contributed by atoms with van der Waals surface area (Å²) in [6.45, 7) is 3.61. The van der Waals surface area contributed by atoms with Gasteiger partial charge < -0.3 is 10.1 Å². The first-order valence-corrected chi connectivity index (χ1v) is 9.32. The largest absolute Gasteiger partial charge is 0.495 e. The zero-order valence-electron chi connectivity index (χ0n) is 14.4. The molecule has 1 amide bonds. The Morgan fingerprint density at radius 1 is 1.16 bits per heavy atom. The van der Waals surface area contributed by atoms with Crippen molar-refractivity contribution in [3.05, 3.63) is 54.1 Å². The number of carbonyl (C=O) groups is 1. The average Bonchev–Trinajstić information content (AvgIpc) is 2.60. The number of benzene rings is 2. The van der Waals surface area contributed by atoms with Gasteiger partial charge in [-0.15, -0.1) is 0 Å². The second-order valence-corrected chi connectivity index (χ2v) is 7.47. The molecule has 2 N–H and O–H groups in total. The van der Waals surface area contributed by atoms with Crippen molar-refractivity contribution in [1.82, 2.24) is 4.72 Å². The molecule has 0 aliphatic heterocycles. The molecule has 0 spiro atoms. The van der Waals surface area contributed by atoms with Crippen LogP contribution in [0.25, 0.3) is 0 Å². The van der Waals surface area contributed by atoms with Crippen LogP contribution in [0.3, 0.4) is 0 Å². The van der Waals surface area contributed by atoms with E-state index in [0.717, 1.165) is 5.56 Å². The van der Waals surface area contributed by atoms with E-state index in [1.54, 1.807) is 0 Å². The van der Waals surface area contributed by atoms with E-state index in [1.165, 1.54) is 32.2 Å². The van der Waals surface area contributed by atoms with Crippen LogP contribution in [0.4, 0.5) is 5.69 Å². The van der Waals surface area contributed by atoms with E-state index in [9.17, 15) is 13.2 Å². The predicted molar refractivity (Wildman–Crippen MR) is 97.3 cm³/mol. The summed E-state index contributed by atoms with van der Waals surface area (Å²) in [7, 11) is -2.27. The molecule has 0 bridgehead atoms. The summed E-state index contributed by atoms with van der Waals surface area (Å²) < 4.78 is 32.8. The Morgan fingerprint density at radius 2 is 1.84 bits per heavy atom. The van der Waals surface area contributed by atoms with Gasteiger partial charge in [0.1, 0.15) is 5.75 Å². The van der Waals surface area contributed by atoms with Crippen LogP contribution in [0.1, 0.15) is 25.3 Å². The van der Waals surface area contributed by atoms with E-state index < -0.39 is 10.0 Å². The normalized spacial score (nSPS) is 12.4. The summed E-state index contributed by atoms with van der Waals surface area (Å²) in [4.78, 5) is 11.3. The third-order valence-electron chi connectivity index (χ3n) is 3.74. The van der Waals surface area contributed by atoms with Crippen LogP contribution in [0.5, 0.6) is 5.75 Å². The molecule has 0 aliphatic rings. The number of rotatable bonds is 7. The molecule has 134 valence electrons. The molecule has 25 heavy (non-hydrogen) atoms. The van der Waals surface area contributed by atoms with Gasteiger partial charge in [-0.05, 0) is 23.6 Å². The fourth-order valence-electron chi connectivity index (χ4n) is 2.35. The molecule has 1 atom stereocenters. The number of methoxy groups -OCH3 is 1. The molecule has 6 nitrogen and oxygen atoms in total. The maximum atomic E-state index is 12.5. The Balaban J connectivity index is 2.15. The monoisotopic (exact) mass is 362 g/mol. The third-order valence-corrected chi connectivity index (χ3v) is 5.16. The molecule has 2 aromatic carbocycles. The van der Waals surface area contributed by atoms with Crippen LogP contribution in [0, 0.1) is 0 Å². The van der Waals surface area contributed by atoms with E-state index in [0.29, 0.717) is 5.69 Å². The van der Waals surface area contributed by atoms with E-state index in [-0.39, 0.29) is 29.0 Å². The van der Waals surface area contributed by atoms with Crippen LogP contribution in [0.2, 0.25) is 0 Å². The Bertz CT molecular complexity index is 835. The van der Waals surface area contributed by atoms with Crippen molar-refractivity contribution in [3.63, 3.8) is 0 Å². The van der Waals surface area contributed by atoms with Crippen LogP contribution in [0.15, 0.2) is 53.4 Å². The van der Waals surface area contributed by atoms with Crippen molar-refractivity contribution in [2.24, 2.45) is 0 Å². The highest BCUT2D eigenvalue weighted by Gasteiger charge is 2.18. The number of nitrogens with one attached hydrogen (secondary N) is 2. The van der Waals surface area contributed by atoms with Crippen molar-refractivity contribution < 1.29 is 17.9 Å². The predicted octanol–water partition coefficient (Wildman–Crippen LogP) is 2.74. The molecule has 7 heteroatoms. The molecular formula is C18H22N2O4S. The molecule has 0 saturated heterocycles. The Morgan fingerprint density at radius 3 is 2.44 bits per heavy atom. The minimum Gasteiger partial charge on any atom is -0.495 e. The van der Waals surface area contributed by atoms with Gasteiger partial charge in [-0.3, -0.25) is 4.79 Å². The number of sulfonamides is 1. The number of anilines is 1. The van der Waals surface area contributed by atoms with Crippen molar-refractivity contribution in [2.75, 3.05) is 19.0 Å². The lowest BCUT2D eigenvalue weighted by molar-refractivity contribution is -0.114. The first-order valence-electron chi connectivity index (χ1n) is 7.83. The van der Waals surface area contributed by atoms with E-state index in [4.69, 9.17) is 4.74 Å². The summed E-state index contributed by atoms with van der Waals surface area (Å²) in [6.07, 6.45) is 0. The molecule has 0 aromatic heterocycles. The first kappa shape index (κ1) is 19.0. The fraction of sp³-hybridized carbons (Fsp3) is 0.278. The lowest BCUT2D eigenvalue weighted by Gasteiger charge is -2.15. The maximum Gasteiger partial charge on any atom is 0.240 e. The minimum absolute atomic E-state index is 0.0384. The zero-order valence-corrected chi connectivity index (χ0v) is 15.3. The lowest BCUT2D eigenvalue weighted by Crippen LogP contribution is -2.27. The van der Waals surface area contributed by atoms with Gasteiger partial charge in [-0.25, -0.2) is 13.1 Å². The van der Waals surface area contributed by atoms with Gasteiger partial charge in [0, 0.05) is 19.5 Å². The standard InChI is InChI=1S/C18H22N2O4S/c1-13(15-7-5-4-6-8-15)12-19-25(22,23)16-9-10-17(20-14(2)21)18(11-16)24-3/h4-11,13,19H,12H2,1-3H3,(H,20,21)/t13-/m0/s1. The Labute approximate surface area is 148 Å². The van der Waals surface area contributed by atoms with Crippen molar-refractivity contribution in [3.8, 4) is 5.75 Å². The minimum atomic E-state index is -3.68. The Hall–Kier alpha value is -2.38. The smallest absolute Gasteiger partial charge is 0.240 e.